The van der Waals surface area contributed by atoms with Crippen LogP contribution in [0.5, 0.6) is 0 Å². The Labute approximate surface area is 82.2 Å². The summed E-state index contributed by atoms with van der Waals surface area (Å²) in [7, 11) is 0. The summed E-state index contributed by atoms with van der Waals surface area (Å²) in [6.07, 6.45) is 6.18. The van der Waals surface area contributed by atoms with Crippen LogP contribution in [0.2, 0.25) is 0 Å². The highest BCUT2D eigenvalue weighted by Crippen LogP contribution is 2.45. The van der Waals surface area contributed by atoms with E-state index in [9.17, 15) is 4.79 Å². The molecule has 2 aliphatic carbocycles. The quantitative estimate of drug-likeness (QED) is 0.392. The zero-order chi connectivity index (χ0) is 9.26. The number of fused-ring (bicyclic) bond motifs is 2. The lowest BCUT2D eigenvalue weighted by atomic mass is 10.0. The van der Waals surface area contributed by atoms with Crippen molar-refractivity contribution < 1.29 is 9.53 Å². The normalized spacial score (nSPS) is 30.2. The van der Waals surface area contributed by atoms with E-state index in [1.54, 1.807) is 0 Å². The molecule has 0 spiro atoms. The Morgan fingerprint density at radius 1 is 1.54 bits per heavy atom. The second-order valence-electron chi connectivity index (χ2n) is 3.39. The molecule has 0 saturated heterocycles. The molecule has 3 heteroatoms. The molecule has 0 aromatic heterocycles. The number of allylic oxidation sites excluding steroid dienone is 3. The van der Waals surface area contributed by atoms with Crippen LogP contribution in [0.15, 0.2) is 22.8 Å². The van der Waals surface area contributed by atoms with E-state index in [1.807, 2.05) is 0 Å². The zero-order valence-electron chi connectivity index (χ0n) is 7.20. The van der Waals surface area contributed by atoms with Crippen molar-refractivity contribution in [3.8, 4) is 0 Å². The maximum Gasteiger partial charge on any atom is 0.145 e. The standard InChI is InChI=1S/C10H11ClO2/c11-10-8-2-1-7(5-8)9(10)6-13-4-3-12/h1-3,7-8H,4-6H2. The second kappa shape index (κ2) is 3.64. The van der Waals surface area contributed by atoms with Crippen LogP contribution in [-0.2, 0) is 9.53 Å². The van der Waals surface area contributed by atoms with Crippen molar-refractivity contribution in [3.05, 3.63) is 22.8 Å². The predicted molar refractivity (Wildman–Crippen MR) is 50.5 cm³/mol. The molecule has 0 N–H and O–H groups in total. The van der Waals surface area contributed by atoms with Gasteiger partial charge in [0.1, 0.15) is 12.9 Å². The van der Waals surface area contributed by atoms with Crippen LogP contribution in [0, 0.1) is 11.8 Å². The molecule has 13 heavy (non-hydrogen) atoms. The number of carbonyl (C=O) groups is 1. The maximum absolute atomic E-state index is 10.0. The minimum absolute atomic E-state index is 0.161. The van der Waals surface area contributed by atoms with Crippen LogP contribution in [0.4, 0.5) is 0 Å². The second-order valence-corrected chi connectivity index (χ2v) is 3.80. The fourth-order valence-corrected chi connectivity index (χ4v) is 2.31. The first kappa shape index (κ1) is 8.97. The molecular formula is C10H11ClO2. The highest BCUT2D eigenvalue weighted by Gasteiger charge is 2.33. The van der Waals surface area contributed by atoms with Gasteiger partial charge in [-0.2, -0.15) is 0 Å². The highest BCUT2D eigenvalue weighted by molar-refractivity contribution is 6.30. The maximum atomic E-state index is 10.0. The van der Waals surface area contributed by atoms with Crippen LogP contribution in [0.1, 0.15) is 6.42 Å². The number of hydrogen-bond acceptors (Lipinski definition) is 2. The lowest BCUT2D eigenvalue weighted by molar-refractivity contribution is -0.111. The summed E-state index contributed by atoms with van der Waals surface area (Å²) >= 11 is 6.11. The Morgan fingerprint density at radius 3 is 2.92 bits per heavy atom. The molecule has 2 rings (SSSR count). The molecule has 0 aliphatic heterocycles. The van der Waals surface area contributed by atoms with Crippen molar-refractivity contribution in [2.75, 3.05) is 13.2 Å². The Balaban J connectivity index is 1.96. The first-order valence-corrected chi connectivity index (χ1v) is 4.79. The fraction of sp³-hybridized carbons (Fsp3) is 0.500. The molecule has 70 valence electrons. The van der Waals surface area contributed by atoms with E-state index in [0.717, 1.165) is 23.3 Å². The van der Waals surface area contributed by atoms with Crippen molar-refractivity contribution in [3.63, 3.8) is 0 Å². The molecule has 0 aromatic rings. The molecule has 2 unspecified atom stereocenters. The first-order chi connectivity index (χ1) is 6.33. The summed E-state index contributed by atoms with van der Waals surface area (Å²) in [6.45, 7) is 0.665. The van der Waals surface area contributed by atoms with Crippen LogP contribution < -0.4 is 0 Å². The number of rotatable bonds is 4. The van der Waals surface area contributed by atoms with Gasteiger partial charge in [0.2, 0.25) is 0 Å². The van der Waals surface area contributed by atoms with Gasteiger partial charge in [-0.1, -0.05) is 23.8 Å². The van der Waals surface area contributed by atoms with Gasteiger partial charge in [-0.05, 0) is 12.0 Å². The van der Waals surface area contributed by atoms with E-state index in [0.29, 0.717) is 18.4 Å². The number of aldehydes is 1. The molecule has 0 aromatic carbocycles. The molecular weight excluding hydrogens is 188 g/mol. The molecule has 2 nitrogen and oxygen atoms in total. The summed E-state index contributed by atoms with van der Waals surface area (Å²) in [4.78, 5) is 10.0. The SMILES string of the molecule is O=CCOCC1=C(Cl)C2C=CC1C2. The molecule has 0 saturated carbocycles. The predicted octanol–water partition coefficient (Wildman–Crippen LogP) is 1.90. The Bertz CT molecular complexity index is 281. The minimum atomic E-state index is 0.161. The van der Waals surface area contributed by atoms with Gasteiger partial charge in [0.05, 0.1) is 6.61 Å². The van der Waals surface area contributed by atoms with Crippen LogP contribution in [-0.4, -0.2) is 19.5 Å². The van der Waals surface area contributed by atoms with Crippen molar-refractivity contribution in [1.82, 2.24) is 0 Å². The van der Waals surface area contributed by atoms with E-state index in [1.165, 1.54) is 0 Å². The molecule has 0 fully saturated rings. The highest BCUT2D eigenvalue weighted by atomic mass is 35.5. The van der Waals surface area contributed by atoms with Crippen LogP contribution in [0.25, 0.3) is 0 Å². The van der Waals surface area contributed by atoms with Gasteiger partial charge in [0.25, 0.3) is 0 Å². The van der Waals surface area contributed by atoms with E-state index >= 15 is 0 Å². The number of ether oxygens (including phenoxy) is 1. The fourth-order valence-electron chi connectivity index (χ4n) is 1.95. The van der Waals surface area contributed by atoms with Gasteiger partial charge in [-0.25, -0.2) is 0 Å². The van der Waals surface area contributed by atoms with E-state index in [2.05, 4.69) is 12.2 Å². The Morgan fingerprint density at radius 2 is 2.31 bits per heavy atom. The summed E-state index contributed by atoms with van der Waals surface area (Å²) in [6, 6.07) is 0. The largest absolute Gasteiger partial charge is 0.370 e. The third kappa shape index (κ3) is 1.56. The average Bonchev–Trinajstić information content (AvgIpc) is 2.69. The van der Waals surface area contributed by atoms with Gasteiger partial charge in [0, 0.05) is 16.9 Å². The van der Waals surface area contributed by atoms with E-state index in [4.69, 9.17) is 16.3 Å². The molecule has 0 heterocycles. The van der Waals surface area contributed by atoms with Crippen molar-refractivity contribution in [2.45, 2.75) is 6.42 Å². The summed E-state index contributed by atoms with van der Waals surface area (Å²) in [5, 5.41) is 0.929. The first-order valence-electron chi connectivity index (χ1n) is 4.41. The molecule has 0 amide bonds. The molecule has 2 aliphatic rings. The number of halogens is 1. The van der Waals surface area contributed by atoms with Gasteiger partial charge in [0.15, 0.2) is 0 Å². The lowest BCUT2D eigenvalue weighted by Crippen LogP contribution is -2.06. The summed E-state index contributed by atoms with van der Waals surface area (Å²) in [5.74, 6) is 0.880. The molecule has 2 atom stereocenters. The number of carbonyl (C=O) groups excluding carboxylic acids is 1. The summed E-state index contributed by atoms with van der Waals surface area (Å²) < 4.78 is 5.15. The van der Waals surface area contributed by atoms with Crippen molar-refractivity contribution >= 4 is 17.9 Å². The van der Waals surface area contributed by atoms with Gasteiger partial charge in [-0.3, -0.25) is 0 Å². The van der Waals surface area contributed by atoms with Gasteiger partial charge in [-0.15, -0.1) is 0 Å². The molecule has 0 radical (unpaired) electrons. The third-order valence-corrected chi connectivity index (χ3v) is 3.13. The van der Waals surface area contributed by atoms with Crippen molar-refractivity contribution in [2.24, 2.45) is 11.8 Å². The van der Waals surface area contributed by atoms with E-state index in [-0.39, 0.29) is 6.61 Å². The number of hydrogen-bond donors (Lipinski definition) is 0. The topological polar surface area (TPSA) is 26.3 Å². The van der Waals surface area contributed by atoms with Crippen molar-refractivity contribution in [1.29, 1.82) is 0 Å². The molecule has 2 bridgehead atoms. The summed E-state index contributed by atoms with van der Waals surface area (Å²) in [5.41, 5.74) is 1.16. The smallest absolute Gasteiger partial charge is 0.145 e. The average molecular weight is 199 g/mol. The van der Waals surface area contributed by atoms with Crippen LogP contribution in [0.3, 0.4) is 0 Å². The Hall–Kier alpha value is -0.600. The third-order valence-electron chi connectivity index (χ3n) is 2.61. The lowest BCUT2D eigenvalue weighted by Gasteiger charge is -2.10. The zero-order valence-corrected chi connectivity index (χ0v) is 7.96. The van der Waals surface area contributed by atoms with Crippen LogP contribution >= 0.6 is 11.6 Å². The Kier molecular flexibility index (Phi) is 2.51. The monoisotopic (exact) mass is 198 g/mol. The minimum Gasteiger partial charge on any atom is -0.370 e. The van der Waals surface area contributed by atoms with Gasteiger partial charge < -0.3 is 9.53 Å². The van der Waals surface area contributed by atoms with Gasteiger partial charge >= 0.3 is 0 Å². The van der Waals surface area contributed by atoms with E-state index < -0.39 is 0 Å².